The third-order valence-corrected chi connectivity index (χ3v) is 18.5. The maximum absolute atomic E-state index is 11.7. The Labute approximate surface area is 511 Å². The quantitative estimate of drug-likeness (QED) is 0.0724. The molecule has 21 fully saturated rings. The first-order chi connectivity index (χ1) is 42.2. The number of carbonyl (C=O) groups is 2. The lowest BCUT2D eigenvalue weighted by Crippen LogP contribution is -2.68. The zero-order valence-electron chi connectivity index (χ0n) is 46.6. The van der Waals surface area contributed by atoms with Gasteiger partial charge in [-0.25, -0.2) is 0 Å². The van der Waals surface area contributed by atoms with Crippen LogP contribution in [0, 0.1) is 0 Å². The number of carboxylic acids is 2. The summed E-state index contributed by atoms with van der Waals surface area (Å²) in [5, 5.41) is 233. The number of rotatable bonds is 15. The topological polar surface area (TPSA) is 640 Å². The number of thioether (sulfide) groups is 2. The lowest BCUT2D eigenvalue weighted by atomic mass is 9.95. The fourth-order valence-corrected chi connectivity index (χ4v) is 13.2. The van der Waals surface area contributed by atoms with Crippen LogP contribution in [0.1, 0.15) is 0 Å². The first-order valence-corrected chi connectivity index (χ1v) is 30.4. The Bertz CT molecular complexity index is 2200. The summed E-state index contributed by atoms with van der Waals surface area (Å²) in [6.45, 7) is -5.43. The molecule has 21 saturated heterocycles. The highest BCUT2D eigenvalue weighted by molar-refractivity contribution is 7.99. The van der Waals surface area contributed by atoms with E-state index < -0.39 is 284 Å². The SMILES string of the molecule is NC(CSCC1O[C@H]2O[C@@H]3C(CO)O[C@@H](O[C@@H]4C(CO)O[C@@H](O[C@@H]5C(CSCC(N)C(=O)O)O[C@@H](O[C@@H]6C(CO)O[C@H](O[C@@H]7C(CO)O[C@H](O[C@@H]8C(CO)O[C@H](O[C@H]1[C@H](O)C2O)C(O)[C@H]8O)C(O)[C@H]7O)C(O)[C@H]6O)C(O)[C@H]5O)C(O)[C@H]4O)C(O)[C@H]3O)C(=O)O. The van der Waals surface area contributed by atoms with Gasteiger partial charge < -0.3 is 185 Å². The van der Waals surface area contributed by atoms with E-state index in [0.717, 1.165) is 23.5 Å². The average Bonchev–Trinajstić information content (AvgIpc) is 0.983. The Morgan fingerprint density at radius 3 is 0.596 bits per heavy atom. The molecule has 41 heteroatoms. The molecule has 0 aliphatic carbocycles. The number of aliphatic hydroxyl groups excluding tert-OH is 19. The summed E-state index contributed by atoms with van der Waals surface area (Å²) < 4.78 is 81.6. The highest BCUT2D eigenvalue weighted by Gasteiger charge is 2.60. The minimum Gasteiger partial charge on any atom is -0.480 e. The zero-order chi connectivity index (χ0) is 65.2. The van der Waals surface area contributed by atoms with E-state index in [1.165, 1.54) is 0 Å². The van der Waals surface area contributed by atoms with Crippen molar-refractivity contribution in [1.82, 2.24) is 0 Å². The molecule has 39 nitrogen and oxygen atoms in total. The summed E-state index contributed by atoms with van der Waals surface area (Å²) in [6, 6.07) is -2.94. The van der Waals surface area contributed by atoms with Gasteiger partial charge in [-0.05, 0) is 0 Å². The minimum absolute atomic E-state index is 0.319. The molecule has 16 unspecified atom stereocenters. The average molecular weight is 1340 g/mol. The molecule has 0 radical (unpaired) electrons. The number of carboxylic acid groups (broad SMARTS) is 2. The van der Waals surface area contributed by atoms with Gasteiger partial charge in [0.25, 0.3) is 0 Å². The van der Waals surface area contributed by atoms with E-state index >= 15 is 0 Å². The minimum atomic E-state index is -2.27. The summed E-state index contributed by atoms with van der Waals surface area (Å²) in [5.41, 5.74) is 11.4. The van der Waals surface area contributed by atoms with Crippen molar-refractivity contribution >= 4 is 35.5 Å². The number of hydrogen-bond acceptors (Lipinski definition) is 39. The van der Waals surface area contributed by atoms with Crippen molar-refractivity contribution in [3.8, 4) is 0 Å². The van der Waals surface area contributed by atoms with Gasteiger partial charge in [0, 0.05) is 23.0 Å². The van der Waals surface area contributed by atoms with Gasteiger partial charge in [-0.2, -0.15) is 23.5 Å². The van der Waals surface area contributed by atoms with Gasteiger partial charge in [0.05, 0.1) is 45.2 Å². The number of nitrogens with two attached hydrogens (primary N) is 2. The second-order valence-electron chi connectivity index (χ2n) is 22.3. The molecule has 0 amide bonds. The maximum atomic E-state index is 11.7. The lowest BCUT2D eigenvalue weighted by Gasteiger charge is -2.50. The van der Waals surface area contributed by atoms with Crippen LogP contribution in [0.2, 0.25) is 0 Å². The molecule has 21 heterocycles. The fourth-order valence-electron chi connectivity index (χ4n) is 11.2. The molecule has 14 bridgehead atoms. The molecule has 0 saturated carbocycles. The highest BCUT2D eigenvalue weighted by atomic mass is 32.2. The molecule has 21 aliphatic rings. The highest BCUT2D eigenvalue weighted by Crippen LogP contribution is 2.40. The van der Waals surface area contributed by atoms with E-state index in [0.29, 0.717) is 0 Å². The van der Waals surface area contributed by atoms with Crippen LogP contribution in [0.3, 0.4) is 0 Å². The molecule has 21 rings (SSSR count). The van der Waals surface area contributed by atoms with Crippen LogP contribution < -0.4 is 11.5 Å². The smallest absolute Gasteiger partial charge is 0.321 e. The summed E-state index contributed by atoms with van der Waals surface area (Å²) in [5.74, 6) is -4.26. The van der Waals surface area contributed by atoms with Crippen LogP contribution in [0.5, 0.6) is 0 Å². The van der Waals surface area contributed by atoms with Gasteiger partial charge in [-0.1, -0.05) is 0 Å². The van der Waals surface area contributed by atoms with Gasteiger partial charge >= 0.3 is 11.9 Å². The lowest BCUT2D eigenvalue weighted by molar-refractivity contribution is -0.395. The zero-order valence-corrected chi connectivity index (χ0v) is 48.3. The molecule has 37 atom stereocenters. The van der Waals surface area contributed by atoms with Gasteiger partial charge in [-0.15, -0.1) is 0 Å². The predicted octanol–water partition coefficient (Wildman–Crippen LogP) is -14.9. The van der Waals surface area contributed by atoms with E-state index in [9.17, 15) is 117 Å². The Balaban J connectivity index is 1.11. The molecule has 89 heavy (non-hydrogen) atoms. The summed E-state index contributed by atoms with van der Waals surface area (Å²) >= 11 is 1.60. The fraction of sp³-hybridized carbons (Fsp3) is 0.958. The van der Waals surface area contributed by atoms with Gasteiger partial charge in [0.1, 0.15) is 171 Å². The van der Waals surface area contributed by atoms with E-state index in [1.807, 2.05) is 0 Å². The van der Waals surface area contributed by atoms with Crippen molar-refractivity contribution in [1.29, 1.82) is 0 Å². The molecule has 0 aromatic carbocycles. The third-order valence-electron chi connectivity index (χ3n) is 16.2. The van der Waals surface area contributed by atoms with Crippen LogP contribution in [-0.2, 0) is 75.9 Å². The standard InChI is InChI=1S/C48H80N2O37S2/c49-10(40(70)71)6-88-8-17-38-25(62)32(69)48(80-17)85-37-16(5-55)76-44(28(65)21(37)58)83-35-14(3-53)78-46(30(67)23(35)60)87-39-18(9-89-7-11(50)41(72)73)79-47(31(68)24(39)61)84-36-15(4-54)75-43(27(64)20(36)57)81-33-12(1-51)74-42(26(63)19(33)56)82-34-13(2-52)77-45(86-38)29(66)22(34)59/h10-39,42-48,51-69H,1-9,49-50H2,(H,70,71)(H,72,73)/t10?,11?,12?,13?,14?,15?,16?,17?,18?,19-,20-,21-,22-,23-,24-,25-,26?,27?,28?,29?,30?,31?,32?,33-,34-,35-,36-,37-,38-,39-,42-,43-,44+,45-,46+,47+,48+/m1/s1. The van der Waals surface area contributed by atoms with Crippen LogP contribution in [0.15, 0.2) is 0 Å². The van der Waals surface area contributed by atoms with Gasteiger partial charge in [0.15, 0.2) is 44.0 Å². The van der Waals surface area contributed by atoms with E-state index in [2.05, 4.69) is 0 Å². The summed E-state index contributed by atoms with van der Waals surface area (Å²) in [4.78, 5) is 23.2. The second kappa shape index (κ2) is 31.9. The van der Waals surface area contributed by atoms with Crippen LogP contribution in [0.4, 0.5) is 0 Å². The molecule has 21 aliphatic heterocycles. The molecular weight excluding hydrogens is 1260 g/mol. The molecule has 0 spiro atoms. The van der Waals surface area contributed by atoms with Crippen LogP contribution in [-0.4, -0.2) is 402 Å². The number of aliphatic carboxylic acids is 2. The normalized spacial score (nSPS) is 50.1. The van der Waals surface area contributed by atoms with Crippen molar-refractivity contribution < 1.29 is 183 Å². The Morgan fingerprint density at radius 1 is 0.281 bits per heavy atom. The van der Waals surface area contributed by atoms with E-state index in [-0.39, 0.29) is 11.5 Å². The monoisotopic (exact) mass is 1340 g/mol. The van der Waals surface area contributed by atoms with Gasteiger partial charge in [-0.3, -0.25) is 9.59 Å². The van der Waals surface area contributed by atoms with Crippen molar-refractivity contribution in [2.24, 2.45) is 11.5 Å². The maximum Gasteiger partial charge on any atom is 0.321 e. The van der Waals surface area contributed by atoms with Crippen LogP contribution >= 0.6 is 23.5 Å². The Hall–Kier alpha value is -1.76. The first-order valence-electron chi connectivity index (χ1n) is 28.1. The number of ether oxygens (including phenoxy) is 14. The van der Waals surface area contributed by atoms with Crippen molar-refractivity contribution in [3.63, 3.8) is 0 Å². The molecule has 25 N–H and O–H groups in total. The van der Waals surface area contributed by atoms with E-state index in [4.69, 9.17) is 77.8 Å². The molecule has 516 valence electrons. The number of hydrogen-bond donors (Lipinski definition) is 23. The Morgan fingerprint density at radius 2 is 0.438 bits per heavy atom. The van der Waals surface area contributed by atoms with Crippen LogP contribution in [0.25, 0.3) is 0 Å². The van der Waals surface area contributed by atoms with Crippen molar-refractivity contribution in [2.45, 2.75) is 227 Å². The second-order valence-corrected chi connectivity index (χ2v) is 24.4. The molecule has 0 aromatic heterocycles. The van der Waals surface area contributed by atoms with E-state index in [1.54, 1.807) is 0 Å². The third kappa shape index (κ3) is 15.9. The summed E-state index contributed by atoms with van der Waals surface area (Å²) in [7, 11) is 0. The number of aliphatic hydroxyl groups is 19. The Kier molecular flexibility index (Phi) is 26.2. The van der Waals surface area contributed by atoms with Gasteiger partial charge in [0.2, 0.25) is 0 Å². The largest absolute Gasteiger partial charge is 0.480 e. The summed E-state index contributed by atoms with van der Waals surface area (Å²) in [6.07, 6.45) is -71.4. The van der Waals surface area contributed by atoms with Crippen molar-refractivity contribution in [2.75, 3.05) is 56.0 Å². The molecule has 0 aromatic rings. The molecular formula is C48H80N2O37S2. The van der Waals surface area contributed by atoms with Crippen molar-refractivity contribution in [3.05, 3.63) is 0 Å². The predicted molar refractivity (Wildman–Crippen MR) is 280 cm³/mol. The first kappa shape index (κ1) is 73.1.